The van der Waals surface area contributed by atoms with E-state index in [-0.39, 0.29) is 9.52 Å². The Hall–Kier alpha value is 0.177. The van der Waals surface area contributed by atoms with E-state index in [9.17, 15) is 0 Å². The average Bonchev–Trinajstić information content (AvgIpc) is 1.65. The van der Waals surface area contributed by atoms with E-state index in [1.807, 2.05) is 0 Å². The number of rotatable bonds is 2. The minimum atomic E-state index is 0.116. The maximum Gasteiger partial charge on any atom is 0.0371 e. The van der Waals surface area contributed by atoms with Gasteiger partial charge in [-0.3, -0.25) is 0 Å². The van der Waals surface area contributed by atoms with Gasteiger partial charge in [-0.05, 0) is 12.1 Å². The molecule has 0 aliphatic heterocycles. The van der Waals surface area contributed by atoms with Crippen molar-refractivity contribution in [2.24, 2.45) is 5.73 Å². The van der Waals surface area contributed by atoms with Crippen LogP contribution >= 0.6 is 0 Å². The Balaban J connectivity index is 2.75. The number of hydrogen-bond acceptors (Lipinski definition) is 1. The molecular formula is C4H13NSi. The molecule has 0 aromatic rings. The van der Waals surface area contributed by atoms with Crippen LogP contribution in [0.5, 0.6) is 0 Å². The maximum atomic E-state index is 5.53. The maximum absolute atomic E-state index is 5.53. The summed E-state index contributed by atoms with van der Waals surface area (Å²) in [6, 6.07) is 0. The molecule has 0 aliphatic carbocycles. The van der Waals surface area contributed by atoms with Gasteiger partial charge in [0.1, 0.15) is 0 Å². The average molecular weight is 103 g/mol. The van der Waals surface area contributed by atoms with Gasteiger partial charge >= 0.3 is 0 Å². The highest BCUT2D eigenvalue weighted by atomic mass is 28.2. The number of nitrogens with two attached hydrogens (primary N) is 1. The summed E-state index contributed by atoms with van der Waals surface area (Å²) in [4.78, 5) is 0. The first kappa shape index (κ1) is 6.18. The van der Waals surface area contributed by atoms with E-state index in [1.54, 1.807) is 0 Å². The Bertz CT molecular complexity index is 26.7. The number of hydrogen-bond donors (Lipinski definition) is 1. The SMILES string of the molecule is CCC(N)[SiH2]C. The van der Waals surface area contributed by atoms with Crippen molar-refractivity contribution in [1.82, 2.24) is 0 Å². The van der Waals surface area contributed by atoms with Crippen molar-refractivity contribution >= 4 is 9.52 Å². The fourth-order valence-corrected chi connectivity index (χ4v) is 0.866. The van der Waals surface area contributed by atoms with Gasteiger partial charge in [0.2, 0.25) is 0 Å². The zero-order valence-corrected chi connectivity index (χ0v) is 5.98. The largest absolute Gasteiger partial charge is 0.331 e. The van der Waals surface area contributed by atoms with Crippen molar-refractivity contribution in [3.8, 4) is 0 Å². The normalized spacial score (nSPS) is 16.5. The molecule has 38 valence electrons. The van der Waals surface area contributed by atoms with Gasteiger partial charge in [-0.15, -0.1) is 0 Å². The van der Waals surface area contributed by atoms with Crippen molar-refractivity contribution in [1.29, 1.82) is 0 Å². The summed E-state index contributed by atoms with van der Waals surface area (Å²) in [6.45, 7) is 4.38. The second kappa shape index (κ2) is 3.37. The minimum absolute atomic E-state index is 0.116. The lowest BCUT2D eigenvalue weighted by Crippen LogP contribution is -2.23. The molecule has 0 bridgehead atoms. The van der Waals surface area contributed by atoms with Crippen LogP contribution in [0.3, 0.4) is 0 Å². The molecule has 0 spiro atoms. The third-order valence-electron chi connectivity index (χ3n) is 1.05. The van der Waals surface area contributed by atoms with Gasteiger partial charge in [-0.1, -0.05) is 13.5 Å². The molecule has 0 saturated heterocycles. The Labute approximate surface area is 41.7 Å². The van der Waals surface area contributed by atoms with Crippen LogP contribution in [0.15, 0.2) is 0 Å². The van der Waals surface area contributed by atoms with Crippen LogP contribution in [-0.4, -0.2) is 15.2 Å². The Kier molecular flexibility index (Phi) is 3.47. The molecule has 2 N–H and O–H groups in total. The van der Waals surface area contributed by atoms with Crippen molar-refractivity contribution < 1.29 is 0 Å². The fraction of sp³-hybridized carbons (Fsp3) is 1.00. The molecule has 1 unspecified atom stereocenters. The molecular weight excluding hydrogens is 90.1 g/mol. The quantitative estimate of drug-likeness (QED) is 0.485. The van der Waals surface area contributed by atoms with Gasteiger partial charge in [0.25, 0.3) is 0 Å². The zero-order chi connectivity index (χ0) is 4.99. The van der Waals surface area contributed by atoms with Crippen molar-refractivity contribution in [3.05, 3.63) is 0 Å². The van der Waals surface area contributed by atoms with Crippen LogP contribution in [-0.2, 0) is 0 Å². The molecule has 1 atom stereocenters. The first-order chi connectivity index (χ1) is 2.81. The summed E-state index contributed by atoms with van der Waals surface area (Å²) in [5.41, 5.74) is 6.11. The summed E-state index contributed by atoms with van der Waals surface area (Å²) in [6.07, 6.45) is 1.17. The van der Waals surface area contributed by atoms with Crippen LogP contribution < -0.4 is 5.73 Å². The second-order valence-electron chi connectivity index (χ2n) is 1.58. The third kappa shape index (κ3) is 2.42. The predicted molar refractivity (Wildman–Crippen MR) is 32.7 cm³/mol. The van der Waals surface area contributed by atoms with E-state index in [4.69, 9.17) is 5.73 Å². The monoisotopic (exact) mass is 103 g/mol. The van der Waals surface area contributed by atoms with Crippen LogP contribution in [0.2, 0.25) is 6.55 Å². The molecule has 6 heavy (non-hydrogen) atoms. The summed E-state index contributed by atoms with van der Waals surface area (Å²) >= 11 is 0. The van der Waals surface area contributed by atoms with Crippen molar-refractivity contribution in [2.45, 2.75) is 25.6 Å². The molecule has 0 aliphatic rings. The predicted octanol–water partition coefficient (Wildman–Crippen LogP) is -0.102. The zero-order valence-electron chi connectivity index (χ0n) is 4.57. The molecule has 0 saturated carbocycles. The molecule has 2 heteroatoms. The van der Waals surface area contributed by atoms with Gasteiger partial charge in [-0.25, -0.2) is 0 Å². The van der Waals surface area contributed by atoms with Gasteiger partial charge in [0.15, 0.2) is 0 Å². The topological polar surface area (TPSA) is 26.0 Å². The van der Waals surface area contributed by atoms with E-state index in [0.29, 0.717) is 5.67 Å². The molecule has 0 rings (SSSR count). The highest BCUT2D eigenvalue weighted by molar-refractivity contribution is 6.35. The van der Waals surface area contributed by atoms with Crippen LogP contribution in [0.25, 0.3) is 0 Å². The van der Waals surface area contributed by atoms with E-state index in [0.717, 1.165) is 0 Å². The van der Waals surface area contributed by atoms with Crippen LogP contribution in [0.4, 0.5) is 0 Å². The van der Waals surface area contributed by atoms with Crippen LogP contribution in [0.1, 0.15) is 13.3 Å². The summed E-state index contributed by atoms with van der Waals surface area (Å²) in [5, 5.41) is 0. The smallest absolute Gasteiger partial charge is 0.0371 e. The third-order valence-corrected chi connectivity index (χ3v) is 2.67. The Morgan fingerprint density at radius 1 is 1.83 bits per heavy atom. The van der Waals surface area contributed by atoms with E-state index in [2.05, 4.69) is 13.5 Å². The second-order valence-corrected chi connectivity index (χ2v) is 3.44. The van der Waals surface area contributed by atoms with E-state index < -0.39 is 0 Å². The standard InChI is InChI=1S/C4H13NSi/c1-3-4(5)6-2/h4H,3,5-6H2,1-2H3. The molecule has 0 heterocycles. The van der Waals surface area contributed by atoms with Gasteiger partial charge in [0, 0.05) is 9.52 Å². The van der Waals surface area contributed by atoms with E-state index in [1.165, 1.54) is 6.42 Å². The highest BCUT2D eigenvalue weighted by Crippen LogP contribution is 1.78. The molecule has 0 fully saturated rings. The van der Waals surface area contributed by atoms with Gasteiger partial charge in [0.05, 0.1) is 0 Å². The lowest BCUT2D eigenvalue weighted by atomic mass is 10.5. The summed E-state index contributed by atoms with van der Waals surface area (Å²) < 4.78 is 0. The Morgan fingerprint density at radius 2 is 2.33 bits per heavy atom. The Morgan fingerprint density at radius 3 is 2.33 bits per heavy atom. The van der Waals surface area contributed by atoms with Gasteiger partial charge < -0.3 is 5.73 Å². The molecule has 0 aromatic heterocycles. The highest BCUT2D eigenvalue weighted by Gasteiger charge is 1.89. The molecule has 0 amide bonds. The molecule has 1 nitrogen and oxygen atoms in total. The fourth-order valence-electron chi connectivity index (χ4n) is 0.289. The molecule has 0 aromatic carbocycles. The summed E-state index contributed by atoms with van der Waals surface area (Å²) in [7, 11) is 0.116. The van der Waals surface area contributed by atoms with Gasteiger partial charge in [-0.2, -0.15) is 0 Å². The van der Waals surface area contributed by atoms with Crippen LogP contribution in [0, 0.1) is 0 Å². The summed E-state index contributed by atoms with van der Waals surface area (Å²) in [5.74, 6) is 0. The first-order valence-corrected chi connectivity index (χ1v) is 4.79. The minimum Gasteiger partial charge on any atom is -0.331 e. The van der Waals surface area contributed by atoms with Crippen molar-refractivity contribution in [2.75, 3.05) is 0 Å². The van der Waals surface area contributed by atoms with E-state index >= 15 is 0 Å². The lowest BCUT2D eigenvalue weighted by molar-refractivity contribution is 0.847. The first-order valence-electron chi connectivity index (χ1n) is 2.56. The molecule has 0 radical (unpaired) electrons. The lowest BCUT2D eigenvalue weighted by Gasteiger charge is -1.98. The van der Waals surface area contributed by atoms with Crippen molar-refractivity contribution in [3.63, 3.8) is 0 Å².